The van der Waals surface area contributed by atoms with Gasteiger partial charge in [-0.3, -0.25) is 9.59 Å². The molecule has 4 heteroatoms. The van der Waals surface area contributed by atoms with Gasteiger partial charge in [0.1, 0.15) is 0 Å². The Labute approximate surface area is 128 Å². The number of nitrogen functional groups attached to an aromatic ring is 1. The first-order chi connectivity index (χ1) is 10.5. The Balaban J connectivity index is 2.22. The van der Waals surface area contributed by atoms with Crippen LogP contribution in [-0.2, 0) is 0 Å². The van der Waals surface area contributed by atoms with Crippen molar-refractivity contribution in [2.45, 2.75) is 13.8 Å². The van der Waals surface area contributed by atoms with Crippen LogP contribution in [0.15, 0.2) is 42.5 Å². The van der Waals surface area contributed by atoms with E-state index in [9.17, 15) is 9.59 Å². The maximum Gasteiger partial charge on any atom is 0.193 e. The van der Waals surface area contributed by atoms with Crippen molar-refractivity contribution in [2.24, 2.45) is 0 Å². The summed E-state index contributed by atoms with van der Waals surface area (Å²) in [5.41, 5.74) is 9.66. The van der Waals surface area contributed by atoms with E-state index in [1.165, 1.54) is 6.92 Å². The van der Waals surface area contributed by atoms with Crippen molar-refractivity contribution in [1.82, 2.24) is 4.98 Å². The summed E-state index contributed by atoms with van der Waals surface area (Å²) in [5.74, 6) is -0.157. The van der Waals surface area contributed by atoms with Gasteiger partial charge in [0.05, 0.1) is 11.2 Å². The minimum Gasteiger partial charge on any atom is -0.397 e. The number of hydrogen-bond acceptors (Lipinski definition) is 3. The topological polar surface area (TPSA) is 75.9 Å². The molecule has 22 heavy (non-hydrogen) atoms. The lowest BCUT2D eigenvalue weighted by molar-refractivity contribution is 0.101. The highest BCUT2D eigenvalue weighted by Gasteiger charge is 2.18. The number of carbonyl (C=O) groups is 2. The Morgan fingerprint density at radius 1 is 1.05 bits per heavy atom. The van der Waals surface area contributed by atoms with Crippen LogP contribution in [0.3, 0.4) is 0 Å². The lowest BCUT2D eigenvalue weighted by atomic mass is 9.99. The molecule has 0 atom stereocenters. The standard InChI is InChI=1S/C18H16N2O2/c1-10-16(11(2)21)14-8-13(9-15(19)17(14)20-10)18(22)12-6-4-3-5-7-12/h3-9,20H,19H2,1-2H3. The number of fused-ring (bicyclic) bond motifs is 1. The fourth-order valence-corrected chi connectivity index (χ4v) is 2.79. The SMILES string of the molecule is CC(=O)c1c(C)[nH]c2c(N)cc(C(=O)c3ccccc3)cc12. The van der Waals surface area contributed by atoms with Gasteiger partial charge in [0.15, 0.2) is 11.6 Å². The van der Waals surface area contributed by atoms with Crippen molar-refractivity contribution in [1.29, 1.82) is 0 Å². The lowest BCUT2D eigenvalue weighted by Crippen LogP contribution is -2.03. The molecule has 0 amide bonds. The van der Waals surface area contributed by atoms with E-state index < -0.39 is 0 Å². The molecule has 0 aliphatic heterocycles. The number of Topliss-reactive ketones (excluding diaryl/α,β-unsaturated/α-hetero) is 1. The van der Waals surface area contributed by atoms with Crippen LogP contribution in [0.25, 0.3) is 10.9 Å². The third kappa shape index (κ3) is 2.19. The highest BCUT2D eigenvalue weighted by molar-refractivity contribution is 6.16. The zero-order chi connectivity index (χ0) is 15.9. The first kappa shape index (κ1) is 14.1. The van der Waals surface area contributed by atoms with E-state index in [1.807, 2.05) is 25.1 Å². The normalized spacial score (nSPS) is 10.8. The molecule has 1 aromatic heterocycles. The molecule has 4 nitrogen and oxygen atoms in total. The molecular weight excluding hydrogens is 276 g/mol. The Kier molecular flexibility index (Phi) is 3.29. The van der Waals surface area contributed by atoms with Crippen LogP contribution in [-0.4, -0.2) is 16.6 Å². The van der Waals surface area contributed by atoms with Crippen molar-refractivity contribution >= 4 is 28.2 Å². The Morgan fingerprint density at radius 3 is 2.36 bits per heavy atom. The van der Waals surface area contributed by atoms with Crippen molar-refractivity contribution in [3.8, 4) is 0 Å². The number of ketones is 2. The Morgan fingerprint density at radius 2 is 1.73 bits per heavy atom. The number of benzene rings is 2. The fraction of sp³-hybridized carbons (Fsp3) is 0.111. The van der Waals surface area contributed by atoms with Gasteiger partial charge in [0, 0.05) is 27.8 Å². The molecule has 0 bridgehead atoms. The summed E-state index contributed by atoms with van der Waals surface area (Å²) in [4.78, 5) is 27.6. The molecule has 110 valence electrons. The highest BCUT2D eigenvalue weighted by atomic mass is 16.1. The maximum atomic E-state index is 12.6. The van der Waals surface area contributed by atoms with Crippen LogP contribution in [0.2, 0.25) is 0 Å². The second-order valence-corrected chi connectivity index (χ2v) is 5.36. The van der Waals surface area contributed by atoms with Gasteiger partial charge in [-0.25, -0.2) is 0 Å². The van der Waals surface area contributed by atoms with E-state index in [-0.39, 0.29) is 11.6 Å². The Bertz CT molecular complexity index is 892. The summed E-state index contributed by atoms with van der Waals surface area (Å²) in [5, 5.41) is 0.698. The van der Waals surface area contributed by atoms with Gasteiger partial charge in [-0.1, -0.05) is 30.3 Å². The minimum absolute atomic E-state index is 0.0486. The number of aromatic amines is 1. The number of nitrogens with one attached hydrogen (secondary N) is 1. The van der Waals surface area contributed by atoms with E-state index in [4.69, 9.17) is 5.73 Å². The quantitative estimate of drug-likeness (QED) is 0.573. The second-order valence-electron chi connectivity index (χ2n) is 5.36. The Hall–Kier alpha value is -2.88. The molecule has 0 spiro atoms. The third-order valence-electron chi connectivity index (χ3n) is 3.78. The molecule has 3 rings (SSSR count). The van der Waals surface area contributed by atoms with Crippen molar-refractivity contribution < 1.29 is 9.59 Å². The van der Waals surface area contributed by atoms with Gasteiger partial charge in [0.2, 0.25) is 0 Å². The van der Waals surface area contributed by atoms with Gasteiger partial charge in [-0.15, -0.1) is 0 Å². The van der Waals surface area contributed by atoms with Gasteiger partial charge >= 0.3 is 0 Å². The molecule has 0 saturated heterocycles. The fourth-order valence-electron chi connectivity index (χ4n) is 2.79. The van der Waals surface area contributed by atoms with E-state index in [0.717, 1.165) is 5.69 Å². The summed E-state index contributed by atoms with van der Waals surface area (Å²) in [7, 11) is 0. The largest absolute Gasteiger partial charge is 0.397 e. The zero-order valence-electron chi connectivity index (χ0n) is 12.4. The van der Waals surface area contributed by atoms with Gasteiger partial charge < -0.3 is 10.7 Å². The van der Waals surface area contributed by atoms with Crippen molar-refractivity contribution in [3.63, 3.8) is 0 Å². The van der Waals surface area contributed by atoms with E-state index in [1.54, 1.807) is 24.3 Å². The molecule has 1 heterocycles. The van der Waals surface area contributed by atoms with Gasteiger partial charge in [-0.05, 0) is 26.0 Å². The summed E-state index contributed by atoms with van der Waals surface area (Å²) in [6.07, 6.45) is 0. The third-order valence-corrected chi connectivity index (χ3v) is 3.78. The number of aryl methyl sites for hydroxylation is 1. The number of aromatic nitrogens is 1. The van der Waals surface area contributed by atoms with Gasteiger partial charge in [0.25, 0.3) is 0 Å². The molecule has 0 aliphatic carbocycles. The van der Waals surface area contributed by atoms with Crippen LogP contribution < -0.4 is 5.73 Å². The highest BCUT2D eigenvalue weighted by Crippen LogP contribution is 2.29. The number of H-pyrrole nitrogens is 1. The van der Waals surface area contributed by atoms with Crippen LogP contribution in [0.5, 0.6) is 0 Å². The molecule has 0 fully saturated rings. The van der Waals surface area contributed by atoms with Crippen LogP contribution in [0.4, 0.5) is 5.69 Å². The summed E-state index contributed by atoms with van der Waals surface area (Å²) < 4.78 is 0. The number of carbonyl (C=O) groups excluding carboxylic acids is 2. The number of hydrogen-bond donors (Lipinski definition) is 2. The van der Waals surface area contributed by atoms with E-state index >= 15 is 0 Å². The van der Waals surface area contributed by atoms with Crippen molar-refractivity contribution in [3.05, 3.63) is 64.8 Å². The lowest BCUT2D eigenvalue weighted by Gasteiger charge is -2.05. The maximum absolute atomic E-state index is 12.6. The average molecular weight is 292 g/mol. The molecular formula is C18H16N2O2. The van der Waals surface area contributed by atoms with E-state index in [0.29, 0.717) is 33.3 Å². The summed E-state index contributed by atoms with van der Waals surface area (Å²) >= 11 is 0. The number of rotatable bonds is 3. The average Bonchev–Trinajstić information content (AvgIpc) is 2.84. The first-order valence-electron chi connectivity index (χ1n) is 7.01. The summed E-state index contributed by atoms with van der Waals surface area (Å²) in [6, 6.07) is 12.4. The predicted molar refractivity (Wildman–Crippen MR) is 87.3 cm³/mol. The molecule has 0 saturated carbocycles. The molecule has 3 aromatic rings. The number of nitrogens with two attached hydrogens (primary N) is 1. The minimum atomic E-state index is -0.109. The zero-order valence-corrected chi connectivity index (χ0v) is 12.4. The first-order valence-corrected chi connectivity index (χ1v) is 7.01. The second kappa shape index (κ2) is 5.15. The molecule has 0 aliphatic rings. The molecule has 0 radical (unpaired) electrons. The smallest absolute Gasteiger partial charge is 0.193 e. The molecule has 3 N–H and O–H groups in total. The monoisotopic (exact) mass is 292 g/mol. The van der Waals surface area contributed by atoms with Crippen LogP contribution >= 0.6 is 0 Å². The summed E-state index contributed by atoms with van der Waals surface area (Å²) in [6.45, 7) is 3.34. The number of anilines is 1. The molecule has 0 unspecified atom stereocenters. The van der Waals surface area contributed by atoms with Crippen molar-refractivity contribution in [2.75, 3.05) is 5.73 Å². The van der Waals surface area contributed by atoms with Gasteiger partial charge in [-0.2, -0.15) is 0 Å². The molecule has 2 aromatic carbocycles. The predicted octanol–water partition coefficient (Wildman–Crippen LogP) is 3.49. The van der Waals surface area contributed by atoms with Crippen LogP contribution in [0, 0.1) is 6.92 Å². The van der Waals surface area contributed by atoms with Crippen LogP contribution in [0.1, 0.15) is 38.9 Å². The van der Waals surface area contributed by atoms with E-state index in [2.05, 4.69) is 4.98 Å².